The SMILES string of the molecule is NC1CCC(Cn2cc(OCC(F)(F)F)cn2)CC1. The molecule has 0 unspecified atom stereocenters. The predicted octanol–water partition coefficient (Wildman–Crippen LogP) is 2.34. The first-order chi connectivity index (χ1) is 8.92. The second-order valence-corrected chi connectivity index (χ2v) is 5.08. The van der Waals surface area contributed by atoms with Gasteiger partial charge in [-0.1, -0.05) is 0 Å². The van der Waals surface area contributed by atoms with Gasteiger partial charge in [0.05, 0.1) is 12.4 Å². The highest BCUT2D eigenvalue weighted by molar-refractivity contribution is 5.11. The van der Waals surface area contributed by atoms with E-state index in [1.165, 1.54) is 12.4 Å². The van der Waals surface area contributed by atoms with Crippen molar-refractivity contribution in [3.8, 4) is 5.75 Å². The van der Waals surface area contributed by atoms with E-state index in [0.717, 1.165) is 25.7 Å². The molecule has 1 saturated carbocycles. The molecule has 2 rings (SSSR count). The molecule has 0 aromatic carbocycles. The largest absolute Gasteiger partial charge is 0.481 e. The Bertz CT molecular complexity index is 397. The van der Waals surface area contributed by atoms with E-state index >= 15 is 0 Å². The number of nitrogens with zero attached hydrogens (tertiary/aromatic N) is 2. The van der Waals surface area contributed by atoms with Crippen molar-refractivity contribution < 1.29 is 17.9 Å². The van der Waals surface area contributed by atoms with Gasteiger partial charge in [0.25, 0.3) is 0 Å². The van der Waals surface area contributed by atoms with Crippen LogP contribution in [0.5, 0.6) is 5.75 Å². The number of hydrogen-bond donors (Lipinski definition) is 1. The van der Waals surface area contributed by atoms with Gasteiger partial charge in [-0.2, -0.15) is 18.3 Å². The number of rotatable bonds is 4. The van der Waals surface area contributed by atoms with Gasteiger partial charge in [-0.05, 0) is 31.6 Å². The van der Waals surface area contributed by atoms with Gasteiger partial charge in [0.15, 0.2) is 12.4 Å². The number of ether oxygens (including phenoxy) is 1. The van der Waals surface area contributed by atoms with Crippen molar-refractivity contribution >= 4 is 0 Å². The van der Waals surface area contributed by atoms with Crippen LogP contribution >= 0.6 is 0 Å². The van der Waals surface area contributed by atoms with Gasteiger partial charge in [-0.25, -0.2) is 0 Å². The summed E-state index contributed by atoms with van der Waals surface area (Å²) in [6.07, 6.45) is 2.61. The van der Waals surface area contributed by atoms with Crippen LogP contribution in [0.15, 0.2) is 12.4 Å². The van der Waals surface area contributed by atoms with Gasteiger partial charge in [-0.15, -0.1) is 0 Å². The molecule has 1 aromatic rings. The maximum atomic E-state index is 12.0. The first-order valence-corrected chi connectivity index (χ1v) is 6.40. The number of nitrogens with two attached hydrogens (primary N) is 1. The van der Waals surface area contributed by atoms with E-state index in [1.807, 2.05) is 0 Å². The van der Waals surface area contributed by atoms with Crippen molar-refractivity contribution in [2.24, 2.45) is 11.7 Å². The van der Waals surface area contributed by atoms with Crippen LogP contribution in [0.3, 0.4) is 0 Å². The Morgan fingerprint density at radius 1 is 1.32 bits per heavy atom. The van der Waals surface area contributed by atoms with Crippen LogP contribution in [0.4, 0.5) is 13.2 Å². The molecule has 0 bridgehead atoms. The number of aromatic nitrogens is 2. The molecule has 1 fully saturated rings. The average molecular weight is 277 g/mol. The second kappa shape index (κ2) is 5.81. The Morgan fingerprint density at radius 2 is 2.00 bits per heavy atom. The molecule has 1 heterocycles. The molecule has 0 spiro atoms. The first-order valence-electron chi connectivity index (χ1n) is 6.40. The predicted molar refractivity (Wildman–Crippen MR) is 63.7 cm³/mol. The molecule has 0 amide bonds. The maximum Gasteiger partial charge on any atom is 0.422 e. The summed E-state index contributed by atoms with van der Waals surface area (Å²) in [7, 11) is 0. The molecule has 0 atom stereocenters. The Morgan fingerprint density at radius 3 is 2.63 bits per heavy atom. The number of hydrogen-bond acceptors (Lipinski definition) is 3. The average Bonchev–Trinajstić information content (AvgIpc) is 2.77. The zero-order valence-corrected chi connectivity index (χ0v) is 10.6. The summed E-state index contributed by atoms with van der Waals surface area (Å²) in [6.45, 7) is -0.570. The fourth-order valence-electron chi connectivity index (χ4n) is 2.32. The Balaban J connectivity index is 1.80. The summed E-state index contributed by atoms with van der Waals surface area (Å²) in [6, 6.07) is 0.291. The van der Waals surface area contributed by atoms with Gasteiger partial charge in [0.1, 0.15) is 0 Å². The van der Waals surface area contributed by atoms with E-state index in [0.29, 0.717) is 18.5 Å². The molecule has 4 nitrogen and oxygen atoms in total. The molecule has 0 saturated heterocycles. The molecule has 0 radical (unpaired) electrons. The van der Waals surface area contributed by atoms with Crippen LogP contribution in [-0.4, -0.2) is 28.6 Å². The summed E-state index contributed by atoms with van der Waals surface area (Å²) in [5.74, 6) is 0.653. The van der Waals surface area contributed by atoms with Crippen molar-refractivity contribution in [3.05, 3.63) is 12.4 Å². The lowest BCUT2D eigenvalue weighted by atomic mass is 9.86. The summed E-state index contributed by atoms with van der Waals surface area (Å²) in [4.78, 5) is 0. The minimum atomic E-state index is -4.32. The van der Waals surface area contributed by atoms with E-state index < -0.39 is 12.8 Å². The standard InChI is InChI=1S/C12H18F3N3O/c13-12(14,15)8-19-11-5-17-18(7-11)6-9-1-3-10(16)4-2-9/h5,7,9-10H,1-4,6,8,16H2. The molecule has 1 aromatic heterocycles. The summed E-state index contributed by atoms with van der Waals surface area (Å²) < 4.78 is 42.3. The first kappa shape index (κ1) is 14.2. The lowest BCUT2D eigenvalue weighted by molar-refractivity contribution is -0.153. The van der Waals surface area contributed by atoms with E-state index in [1.54, 1.807) is 4.68 Å². The maximum absolute atomic E-state index is 12.0. The van der Waals surface area contributed by atoms with Crippen LogP contribution in [-0.2, 0) is 6.54 Å². The quantitative estimate of drug-likeness (QED) is 0.919. The highest BCUT2D eigenvalue weighted by Crippen LogP contribution is 2.25. The third kappa shape index (κ3) is 4.74. The molecule has 1 aliphatic carbocycles. The minimum absolute atomic E-state index is 0.157. The Labute approximate surface area is 109 Å². The summed E-state index contributed by atoms with van der Waals surface area (Å²) >= 11 is 0. The topological polar surface area (TPSA) is 53.1 Å². The van der Waals surface area contributed by atoms with Crippen LogP contribution < -0.4 is 10.5 Å². The molecule has 2 N–H and O–H groups in total. The monoisotopic (exact) mass is 277 g/mol. The van der Waals surface area contributed by atoms with Crippen molar-refractivity contribution in [1.29, 1.82) is 0 Å². The normalized spacial score (nSPS) is 24.4. The highest BCUT2D eigenvalue weighted by atomic mass is 19.4. The lowest BCUT2D eigenvalue weighted by Gasteiger charge is -2.25. The zero-order valence-electron chi connectivity index (χ0n) is 10.6. The number of alkyl halides is 3. The Hall–Kier alpha value is -1.24. The van der Waals surface area contributed by atoms with Crippen LogP contribution in [0.25, 0.3) is 0 Å². The smallest absolute Gasteiger partial charge is 0.422 e. The van der Waals surface area contributed by atoms with Gasteiger partial charge in [-0.3, -0.25) is 4.68 Å². The van der Waals surface area contributed by atoms with Crippen LogP contribution in [0.2, 0.25) is 0 Å². The van der Waals surface area contributed by atoms with E-state index in [4.69, 9.17) is 5.73 Å². The molecule has 7 heteroatoms. The Kier molecular flexibility index (Phi) is 4.34. The zero-order chi connectivity index (χ0) is 13.9. The molecule has 108 valence electrons. The van der Waals surface area contributed by atoms with Gasteiger partial charge < -0.3 is 10.5 Å². The van der Waals surface area contributed by atoms with Gasteiger partial charge in [0.2, 0.25) is 0 Å². The minimum Gasteiger partial charge on any atom is -0.481 e. The van der Waals surface area contributed by atoms with Crippen molar-refractivity contribution in [2.75, 3.05) is 6.61 Å². The van der Waals surface area contributed by atoms with E-state index in [9.17, 15) is 13.2 Å². The molecular formula is C12H18F3N3O. The van der Waals surface area contributed by atoms with E-state index in [2.05, 4.69) is 9.84 Å². The van der Waals surface area contributed by atoms with Crippen molar-refractivity contribution in [1.82, 2.24) is 9.78 Å². The summed E-state index contributed by atoms with van der Waals surface area (Å²) in [5, 5.41) is 4.02. The third-order valence-electron chi connectivity index (χ3n) is 3.35. The van der Waals surface area contributed by atoms with Crippen molar-refractivity contribution in [2.45, 2.75) is 44.4 Å². The van der Waals surface area contributed by atoms with Crippen LogP contribution in [0, 0.1) is 5.92 Å². The fourth-order valence-corrected chi connectivity index (χ4v) is 2.32. The highest BCUT2D eigenvalue weighted by Gasteiger charge is 2.28. The second-order valence-electron chi connectivity index (χ2n) is 5.08. The third-order valence-corrected chi connectivity index (χ3v) is 3.35. The lowest BCUT2D eigenvalue weighted by Crippen LogP contribution is -2.28. The molecule has 0 aliphatic heterocycles. The van der Waals surface area contributed by atoms with Crippen LogP contribution in [0.1, 0.15) is 25.7 Å². The molecule has 1 aliphatic rings. The fraction of sp³-hybridized carbons (Fsp3) is 0.750. The van der Waals surface area contributed by atoms with Crippen molar-refractivity contribution in [3.63, 3.8) is 0 Å². The summed E-state index contributed by atoms with van der Waals surface area (Å²) in [5.41, 5.74) is 5.83. The van der Waals surface area contributed by atoms with Gasteiger partial charge in [0, 0.05) is 12.6 Å². The van der Waals surface area contributed by atoms with Gasteiger partial charge >= 0.3 is 6.18 Å². The number of halogens is 3. The van der Waals surface area contributed by atoms with E-state index in [-0.39, 0.29) is 5.75 Å². The molecule has 19 heavy (non-hydrogen) atoms. The molecular weight excluding hydrogens is 259 g/mol.